The predicted molar refractivity (Wildman–Crippen MR) is 94.4 cm³/mol. The van der Waals surface area contributed by atoms with Gasteiger partial charge in [-0.1, -0.05) is 0 Å². The van der Waals surface area contributed by atoms with Crippen LogP contribution in [0.15, 0.2) is 30.3 Å². The van der Waals surface area contributed by atoms with Crippen molar-refractivity contribution in [3.63, 3.8) is 0 Å². The molecular formula is C19H16F3NO6. The number of Topliss-reactive ketones (excluding diaryl/α,β-unsaturated/α-hetero) is 1. The first-order chi connectivity index (χ1) is 13.7. The largest absolute Gasteiger partial charge is 0.493 e. The number of nitrogens with one attached hydrogen (secondary N) is 1. The van der Waals surface area contributed by atoms with Crippen molar-refractivity contribution in [3.05, 3.63) is 53.3 Å². The molecule has 154 valence electrons. The predicted octanol–water partition coefficient (Wildman–Crippen LogP) is 2.88. The molecule has 10 heteroatoms. The molecule has 0 saturated carbocycles. The minimum atomic E-state index is -1.74. The number of carbonyl (C=O) groups is 3. The number of methoxy groups -OCH3 is 1. The summed E-state index contributed by atoms with van der Waals surface area (Å²) in [6.45, 7) is -0.00640. The second kappa shape index (κ2) is 9.58. The zero-order valence-corrected chi connectivity index (χ0v) is 15.4. The van der Waals surface area contributed by atoms with Gasteiger partial charge in [0.1, 0.15) is 0 Å². The Bertz CT molecular complexity index is 948. The average molecular weight is 411 g/mol. The van der Waals surface area contributed by atoms with Crippen LogP contribution >= 0.6 is 0 Å². The molecule has 29 heavy (non-hydrogen) atoms. The number of hydrogen-bond acceptors (Lipinski definition) is 6. The summed E-state index contributed by atoms with van der Waals surface area (Å²) in [5.41, 5.74) is -0.214. The summed E-state index contributed by atoms with van der Waals surface area (Å²) in [4.78, 5) is 34.7. The van der Waals surface area contributed by atoms with E-state index in [0.717, 1.165) is 6.07 Å². The summed E-state index contributed by atoms with van der Waals surface area (Å²) in [5.74, 6) is -6.41. The van der Waals surface area contributed by atoms with E-state index in [2.05, 4.69) is 4.74 Å². The summed E-state index contributed by atoms with van der Waals surface area (Å²) in [5, 5.41) is 1.95. The van der Waals surface area contributed by atoms with Crippen LogP contribution in [-0.4, -0.2) is 38.0 Å². The monoisotopic (exact) mass is 411 g/mol. The van der Waals surface area contributed by atoms with Gasteiger partial charge in [0, 0.05) is 5.56 Å². The molecule has 0 bridgehead atoms. The lowest BCUT2D eigenvalue weighted by Crippen LogP contribution is -2.24. The van der Waals surface area contributed by atoms with E-state index in [4.69, 9.17) is 9.47 Å². The third-order valence-corrected chi connectivity index (χ3v) is 3.59. The van der Waals surface area contributed by atoms with E-state index in [1.165, 1.54) is 32.2 Å². The van der Waals surface area contributed by atoms with E-state index < -0.39 is 48.2 Å². The number of esters is 1. The lowest BCUT2D eigenvalue weighted by Gasteiger charge is -2.11. The molecule has 0 saturated heterocycles. The third kappa shape index (κ3) is 5.71. The van der Waals surface area contributed by atoms with Crippen LogP contribution < -0.4 is 14.8 Å². The van der Waals surface area contributed by atoms with Gasteiger partial charge in [-0.2, -0.15) is 0 Å². The van der Waals surface area contributed by atoms with Gasteiger partial charge in [-0.15, -0.1) is 0 Å². The van der Waals surface area contributed by atoms with Gasteiger partial charge in [0.25, 0.3) is 5.91 Å². The van der Waals surface area contributed by atoms with Gasteiger partial charge in [0.05, 0.1) is 12.8 Å². The number of carbonyl (C=O) groups excluding carboxylic acids is 3. The molecule has 0 aliphatic carbocycles. The molecule has 1 amide bonds. The molecule has 2 aromatic rings. The van der Waals surface area contributed by atoms with Crippen LogP contribution in [-0.2, 0) is 14.3 Å². The number of amides is 1. The molecule has 0 aliphatic heterocycles. The highest BCUT2D eigenvalue weighted by Crippen LogP contribution is 2.28. The Hall–Kier alpha value is -3.56. The van der Waals surface area contributed by atoms with Gasteiger partial charge >= 0.3 is 5.97 Å². The van der Waals surface area contributed by atoms with Gasteiger partial charge < -0.3 is 19.5 Å². The fourth-order valence-corrected chi connectivity index (χ4v) is 2.14. The van der Waals surface area contributed by atoms with Crippen molar-refractivity contribution < 1.29 is 41.8 Å². The highest BCUT2D eigenvalue weighted by Gasteiger charge is 2.16. The van der Waals surface area contributed by atoms with Gasteiger partial charge in [0.15, 0.2) is 47.9 Å². The van der Waals surface area contributed by atoms with Gasteiger partial charge in [-0.25, -0.2) is 18.0 Å². The lowest BCUT2D eigenvalue weighted by atomic mass is 10.1. The minimum absolute atomic E-state index is 0.169. The second-order valence-corrected chi connectivity index (χ2v) is 5.64. The maximum absolute atomic E-state index is 13.5. The Morgan fingerprint density at radius 3 is 2.34 bits per heavy atom. The summed E-state index contributed by atoms with van der Waals surface area (Å²) in [6.07, 6.45) is 0. The molecule has 0 aromatic heterocycles. The van der Waals surface area contributed by atoms with Crippen LogP contribution in [0, 0.1) is 17.5 Å². The second-order valence-electron chi connectivity index (χ2n) is 5.64. The number of benzene rings is 2. The molecule has 0 heterocycles. The number of anilines is 1. The zero-order valence-electron chi connectivity index (χ0n) is 15.4. The van der Waals surface area contributed by atoms with Gasteiger partial charge in [-0.3, -0.25) is 9.59 Å². The molecule has 2 aromatic carbocycles. The van der Waals surface area contributed by atoms with E-state index in [1.54, 1.807) is 0 Å². The normalized spacial score (nSPS) is 10.2. The Morgan fingerprint density at radius 1 is 0.966 bits per heavy atom. The number of ketones is 1. The number of halogens is 3. The maximum atomic E-state index is 13.5. The smallest absolute Gasteiger partial charge is 0.344 e. The van der Waals surface area contributed by atoms with E-state index in [9.17, 15) is 27.6 Å². The van der Waals surface area contributed by atoms with Crippen LogP contribution in [0.25, 0.3) is 0 Å². The fourth-order valence-electron chi connectivity index (χ4n) is 2.14. The van der Waals surface area contributed by atoms with Crippen molar-refractivity contribution in [2.24, 2.45) is 0 Å². The van der Waals surface area contributed by atoms with Crippen molar-refractivity contribution in [2.45, 2.75) is 6.92 Å². The minimum Gasteiger partial charge on any atom is -0.493 e. The van der Waals surface area contributed by atoms with Crippen molar-refractivity contribution in [1.82, 2.24) is 0 Å². The van der Waals surface area contributed by atoms with Crippen LogP contribution in [0.5, 0.6) is 11.5 Å². The molecular weight excluding hydrogens is 395 g/mol. The first-order valence-electron chi connectivity index (χ1n) is 8.13. The summed E-state index contributed by atoms with van der Waals surface area (Å²) >= 11 is 0. The Labute approximate surface area is 163 Å². The number of rotatable bonds is 8. The number of ether oxygens (including phenoxy) is 3. The van der Waals surface area contributed by atoms with Crippen molar-refractivity contribution in [3.8, 4) is 11.5 Å². The molecule has 0 aliphatic rings. The van der Waals surface area contributed by atoms with Crippen molar-refractivity contribution in [2.75, 3.05) is 25.6 Å². The van der Waals surface area contributed by atoms with E-state index >= 15 is 0 Å². The Kier molecular flexibility index (Phi) is 7.18. The third-order valence-electron chi connectivity index (χ3n) is 3.59. The van der Waals surface area contributed by atoms with Crippen molar-refractivity contribution >= 4 is 23.3 Å². The van der Waals surface area contributed by atoms with Crippen LogP contribution in [0.1, 0.15) is 17.3 Å². The topological polar surface area (TPSA) is 90.9 Å². The molecule has 0 unspecified atom stereocenters. The molecule has 0 spiro atoms. The fraction of sp³-hybridized carbons (Fsp3) is 0.211. The zero-order chi connectivity index (χ0) is 21.6. The molecule has 0 atom stereocenters. The van der Waals surface area contributed by atoms with Crippen LogP contribution in [0.3, 0.4) is 0 Å². The van der Waals surface area contributed by atoms with E-state index in [-0.39, 0.29) is 17.3 Å². The molecule has 1 N–H and O–H groups in total. The van der Waals surface area contributed by atoms with Crippen molar-refractivity contribution in [1.29, 1.82) is 0 Å². The number of hydrogen-bond donors (Lipinski definition) is 1. The first-order valence-corrected chi connectivity index (χ1v) is 8.13. The summed E-state index contributed by atoms with van der Waals surface area (Å²) in [7, 11) is 1.35. The Balaban J connectivity index is 1.86. The first kappa shape index (κ1) is 21.7. The quantitative estimate of drug-likeness (QED) is 0.408. The molecule has 2 rings (SSSR count). The highest BCUT2D eigenvalue weighted by atomic mass is 19.2. The maximum Gasteiger partial charge on any atom is 0.344 e. The molecule has 0 fully saturated rings. The van der Waals surface area contributed by atoms with Gasteiger partial charge in [0.2, 0.25) is 0 Å². The average Bonchev–Trinajstić information content (AvgIpc) is 2.70. The molecule has 7 nitrogen and oxygen atoms in total. The summed E-state index contributed by atoms with van der Waals surface area (Å²) < 4.78 is 54.4. The standard InChI is InChI=1S/C19H16F3NO6/c1-10(24)11-3-6-14(15(7-11)27-2)28-9-17(26)29-8-16(25)23-13-5-4-12(20)18(21)19(13)22/h3-7H,8-9H2,1-2H3,(H,23,25). The van der Waals surface area contributed by atoms with E-state index in [0.29, 0.717) is 11.6 Å². The molecule has 0 radical (unpaired) electrons. The van der Waals surface area contributed by atoms with E-state index in [1.807, 2.05) is 5.32 Å². The summed E-state index contributed by atoms with van der Waals surface area (Å²) in [6, 6.07) is 5.82. The van der Waals surface area contributed by atoms with Gasteiger partial charge in [-0.05, 0) is 37.3 Å². The van der Waals surface area contributed by atoms with Crippen LogP contribution in [0.4, 0.5) is 18.9 Å². The highest BCUT2D eigenvalue weighted by molar-refractivity contribution is 5.95. The lowest BCUT2D eigenvalue weighted by molar-refractivity contribution is -0.149. The SMILES string of the molecule is COc1cc(C(C)=O)ccc1OCC(=O)OCC(=O)Nc1ccc(F)c(F)c1F. The van der Waals surface area contributed by atoms with Crippen LogP contribution in [0.2, 0.25) is 0 Å². The Morgan fingerprint density at radius 2 is 1.69 bits per heavy atom.